The molecule has 1 aliphatic rings. The third-order valence-corrected chi connectivity index (χ3v) is 5.61. The molecule has 148 valence electrons. The third-order valence-electron chi connectivity index (χ3n) is 5.35. The number of carbonyl (C=O) groups is 2. The molecule has 2 unspecified atom stereocenters. The van der Waals surface area contributed by atoms with Gasteiger partial charge in [0.25, 0.3) is 5.91 Å². The zero-order valence-corrected chi connectivity index (χ0v) is 16.8. The molecule has 1 saturated heterocycles. The van der Waals surface area contributed by atoms with Crippen molar-refractivity contribution in [3.8, 4) is 0 Å². The number of carbonyl (C=O) groups excluding carboxylic acids is 2. The Bertz CT molecular complexity index is 825. The Morgan fingerprint density at radius 3 is 2.46 bits per heavy atom. The van der Waals surface area contributed by atoms with Crippen molar-refractivity contribution in [1.29, 1.82) is 0 Å². The summed E-state index contributed by atoms with van der Waals surface area (Å²) in [6.45, 7) is 3.91. The number of hydrogen-bond acceptors (Lipinski definition) is 3. The van der Waals surface area contributed by atoms with Crippen LogP contribution in [0.3, 0.4) is 0 Å². The summed E-state index contributed by atoms with van der Waals surface area (Å²) < 4.78 is 0. The van der Waals surface area contributed by atoms with Crippen LogP contribution in [0.5, 0.6) is 0 Å². The molecule has 28 heavy (non-hydrogen) atoms. The van der Waals surface area contributed by atoms with Gasteiger partial charge in [0.2, 0.25) is 5.91 Å². The van der Waals surface area contributed by atoms with E-state index in [-0.39, 0.29) is 17.2 Å². The zero-order valence-electron chi connectivity index (χ0n) is 16.0. The molecule has 0 spiro atoms. The van der Waals surface area contributed by atoms with Crippen molar-refractivity contribution >= 4 is 23.4 Å². The van der Waals surface area contributed by atoms with Crippen LogP contribution in [-0.2, 0) is 11.2 Å². The standard InChI is InChI=1S/C22H26ClN3O2/c1-22(14-24)11-12-26(15-22)21(28)19(13-16-5-3-2-4-6-16)25-20(27)17-7-9-18(23)10-8-17/h2-10,19H,11-15,24H2,1H3,(H,25,27). The summed E-state index contributed by atoms with van der Waals surface area (Å²) in [7, 11) is 0. The normalized spacial score (nSPS) is 20.0. The van der Waals surface area contributed by atoms with E-state index in [2.05, 4.69) is 12.2 Å². The molecule has 0 aromatic heterocycles. The van der Waals surface area contributed by atoms with Crippen molar-refractivity contribution in [3.05, 3.63) is 70.7 Å². The molecule has 0 aliphatic carbocycles. The summed E-state index contributed by atoms with van der Waals surface area (Å²) in [5.41, 5.74) is 7.29. The molecule has 2 aromatic carbocycles. The van der Waals surface area contributed by atoms with Gasteiger partial charge in [-0.15, -0.1) is 0 Å². The number of nitrogens with zero attached hydrogens (tertiary/aromatic N) is 1. The van der Waals surface area contributed by atoms with Gasteiger partial charge in [-0.2, -0.15) is 0 Å². The maximum Gasteiger partial charge on any atom is 0.251 e. The van der Waals surface area contributed by atoms with Gasteiger partial charge in [-0.1, -0.05) is 48.9 Å². The average molecular weight is 400 g/mol. The van der Waals surface area contributed by atoms with Crippen molar-refractivity contribution in [3.63, 3.8) is 0 Å². The van der Waals surface area contributed by atoms with E-state index >= 15 is 0 Å². The van der Waals surface area contributed by atoms with Gasteiger partial charge in [-0.3, -0.25) is 9.59 Å². The SMILES string of the molecule is CC1(CN)CCN(C(=O)C(Cc2ccccc2)NC(=O)c2ccc(Cl)cc2)C1. The molecule has 5 nitrogen and oxygen atoms in total. The molecule has 6 heteroatoms. The number of likely N-dealkylation sites (tertiary alicyclic amines) is 1. The largest absolute Gasteiger partial charge is 0.340 e. The summed E-state index contributed by atoms with van der Waals surface area (Å²) in [5, 5.41) is 3.48. The topological polar surface area (TPSA) is 75.4 Å². The highest BCUT2D eigenvalue weighted by molar-refractivity contribution is 6.30. The first-order chi connectivity index (χ1) is 13.4. The Hall–Kier alpha value is -2.37. The lowest BCUT2D eigenvalue weighted by Crippen LogP contribution is -2.49. The van der Waals surface area contributed by atoms with Gasteiger partial charge in [0, 0.05) is 30.1 Å². The first kappa shape index (κ1) is 20.4. The number of benzene rings is 2. The van der Waals surface area contributed by atoms with Gasteiger partial charge < -0.3 is 16.0 Å². The van der Waals surface area contributed by atoms with Gasteiger partial charge >= 0.3 is 0 Å². The molecule has 3 rings (SSSR count). The Kier molecular flexibility index (Phi) is 6.37. The molecule has 0 radical (unpaired) electrons. The predicted molar refractivity (Wildman–Crippen MR) is 111 cm³/mol. The molecule has 1 fully saturated rings. The molecular formula is C22H26ClN3O2. The van der Waals surface area contributed by atoms with Gasteiger partial charge in [-0.05, 0) is 48.2 Å². The van der Waals surface area contributed by atoms with Gasteiger partial charge in [0.05, 0.1) is 0 Å². The summed E-state index contributed by atoms with van der Waals surface area (Å²) in [5.74, 6) is -0.352. The van der Waals surface area contributed by atoms with E-state index in [4.69, 9.17) is 17.3 Å². The van der Waals surface area contributed by atoms with Crippen LogP contribution in [-0.4, -0.2) is 42.4 Å². The van der Waals surface area contributed by atoms with E-state index in [1.54, 1.807) is 24.3 Å². The van der Waals surface area contributed by atoms with E-state index in [0.29, 0.717) is 36.6 Å². The first-order valence-corrected chi connectivity index (χ1v) is 9.87. The third kappa shape index (κ3) is 4.91. The maximum atomic E-state index is 13.2. The van der Waals surface area contributed by atoms with Crippen molar-refractivity contribution in [2.24, 2.45) is 11.1 Å². The minimum atomic E-state index is -0.634. The minimum absolute atomic E-state index is 0.0624. The highest BCUT2D eigenvalue weighted by Gasteiger charge is 2.37. The number of amides is 2. The molecule has 1 heterocycles. The molecule has 2 aromatic rings. The molecular weight excluding hydrogens is 374 g/mol. The quantitative estimate of drug-likeness (QED) is 0.784. The van der Waals surface area contributed by atoms with Gasteiger partial charge in [0.1, 0.15) is 6.04 Å². The smallest absolute Gasteiger partial charge is 0.251 e. The molecule has 1 aliphatic heterocycles. The van der Waals surface area contributed by atoms with Crippen LogP contribution >= 0.6 is 11.6 Å². The lowest BCUT2D eigenvalue weighted by molar-refractivity contribution is -0.132. The van der Waals surface area contributed by atoms with Crippen molar-refractivity contribution in [1.82, 2.24) is 10.2 Å². The second-order valence-corrected chi connectivity index (χ2v) is 8.18. The second-order valence-electron chi connectivity index (χ2n) is 7.75. The van der Waals surface area contributed by atoms with Crippen molar-refractivity contribution < 1.29 is 9.59 Å². The summed E-state index contributed by atoms with van der Waals surface area (Å²) in [6.07, 6.45) is 1.31. The van der Waals surface area contributed by atoms with Crippen LogP contribution in [0.15, 0.2) is 54.6 Å². The lowest BCUT2D eigenvalue weighted by atomic mass is 9.90. The monoisotopic (exact) mass is 399 g/mol. The fraction of sp³-hybridized carbons (Fsp3) is 0.364. The van der Waals surface area contributed by atoms with Crippen LogP contribution < -0.4 is 11.1 Å². The number of nitrogens with two attached hydrogens (primary N) is 1. The van der Waals surface area contributed by atoms with Crippen LogP contribution in [0.25, 0.3) is 0 Å². The number of halogens is 1. The maximum absolute atomic E-state index is 13.2. The van der Waals surface area contributed by atoms with Crippen LogP contribution in [0.2, 0.25) is 5.02 Å². The zero-order chi connectivity index (χ0) is 20.1. The van der Waals surface area contributed by atoms with E-state index in [9.17, 15) is 9.59 Å². The number of nitrogens with one attached hydrogen (secondary N) is 1. The highest BCUT2D eigenvalue weighted by atomic mass is 35.5. The first-order valence-electron chi connectivity index (χ1n) is 9.49. The molecule has 2 atom stereocenters. The number of hydrogen-bond donors (Lipinski definition) is 2. The fourth-order valence-electron chi connectivity index (χ4n) is 3.49. The lowest BCUT2D eigenvalue weighted by Gasteiger charge is -2.27. The van der Waals surface area contributed by atoms with Gasteiger partial charge in [0.15, 0.2) is 0 Å². The van der Waals surface area contributed by atoms with Gasteiger partial charge in [-0.25, -0.2) is 0 Å². The highest BCUT2D eigenvalue weighted by Crippen LogP contribution is 2.29. The van der Waals surface area contributed by atoms with E-state index in [1.165, 1.54) is 0 Å². The fourth-order valence-corrected chi connectivity index (χ4v) is 3.62. The summed E-state index contributed by atoms with van der Waals surface area (Å²) in [6, 6.07) is 15.7. The van der Waals surface area contributed by atoms with E-state index in [1.807, 2.05) is 35.2 Å². The summed E-state index contributed by atoms with van der Waals surface area (Å²) in [4.78, 5) is 27.8. The Morgan fingerprint density at radius 1 is 1.18 bits per heavy atom. The van der Waals surface area contributed by atoms with E-state index in [0.717, 1.165) is 12.0 Å². The molecule has 0 bridgehead atoms. The van der Waals surface area contributed by atoms with Crippen molar-refractivity contribution in [2.45, 2.75) is 25.8 Å². The minimum Gasteiger partial charge on any atom is -0.340 e. The molecule has 0 saturated carbocycles. The molecule has 3 N–H and O–H groups in total. The van der Waals surface area contributed by atoms with E-state index < -0.39 is 6.04 Å². The second kappa shape index (κ2) is 8.76. The average Bonchev–Trinajstić information content (AvgIpc) is 3.11. The van der Waals surface area contributed by atoms with Crippen molar-refractivity contribution in [2.75, 3.05) is 19.6 Å². The molecule has 2 amide bonds. The predicted octanol–water partition coefficient (Wildman–Crippen LogP) is 2.88. The Balaban J connectivity index is 1.77. The number of rotatable bonds is 6. The van der Waals surface area contributed by atoms with Crippen LogP contribution in [0.1, 0.15) is 29.3 Å². The summed E-state index contributed by atoms with van der Waals surface area (Å²) >= 11 is 5.90. The Labute approximate surface area is 170 Å². The Morgan fingerprint density at radius 2 is 1.86 bits per heavy atom. The van der Waals surface area contributed by atoms with Crippen LogP contribution in [0.4, 0.5) is 0 Å². The van der Waals surface area contributed by atoms with Crippen LogP contribution in [0, 0.1) is 5.41 Å².